The molecule has 7 nitrogen and oxygen atoms in total. The number of carbonyl (C=O) groups is 4. The van der Waals surface area contributed by atoms with Gasteiger partial charge in [-0.05, 0) is 24.6 Å². The third-order valence-electron chi connectivity index (χ3n) is 2.76. The molecule has 0 aliphatic rings. The molecule has 8 heteroatoms. The Hall–Kier alpha value is -2.48. The Labute approximate surface area is 146 Å². The van der Waals surface area contributed by atoms with E-state index in [-0.39, 0.29) is 12.2 Å². The Morgan fingerprint density at radius 1 is 1.21 bits per heavy atom. The van der Waals surface area contributed by atoms with Crippen molar-refractivity contribution in [2.75, 3.05) is 7.11 Å². The smallest absolute Gasteiger partial charge is 0.352 e. The maximum Gasteiger partial charge on any atom is 0.352 e. The minimum atomic E-state index is -1.15. The van der Waals surface area contributed by atoms with Crippen molar-refractivity contribution in [2.45, 2.75) is 19.4 Å². The average molecular weight is 399 g/mol. The molecule has 0 bridgehead atoms. The quantitative estimate of drug-likeness (QED) is 0.300. The van der Waals surface area contributed by atoms with Crippen LogP contribution in [-0.4, -0.2) is 37.4 Å². The molecule has 0 N–H and O–H groups in total. The van der Waals surface area contributed by atoms with Gasteiger partial charge in [0.2, 0.25) is 0 Å². The van der Waals surface area contributed by atoms with E-state index >= 15 is 0 Å². The zero-order chi connectivity index (χ0) is 18.1. The highest BCUT2D eigenvalue weighted by atomic mass is 79.9. The molecule has 1 rings (SSSR count). The molecule has 0 aliphatic carbocycles. The van der Waals surface area contributed by atoms with Gasteiger partial charge in [-0.1, -0.05) is 22.9 Å². The van der Waals surface area contributed by atoms with E-state index in [0.717, 1.165) is 19.3 Å². The first-order valence-corrected chi connectivity index (χ1v) is 7.63. The Kier molecular flexibility index (Phi) is 7.84. The van der Waals surface area contributed by atoms with Gasteiger partial charge in [0.1, 0.15) is 5.75 Å². The molecule has 0 saturated carbocycles. The van der Waals surface area contributed by atoms with Crippen molar-refractivity contribution in [3.05, 3.63) is 40.4 Å². The van der Waals surface area contributed by atoms with Crippen LogP contribution < -0.4 is 4.74 Å². The number of hydrogen-bond donors (Lipinski definition) is 0. The van der Waals surface area contributed by atoms with Crippen LogP contribution in [0.5, 0.6) is 5.75 Å². The van der Waals surface area contributed by atoms with Gasteiger partial charge >= 0.3 is 17.9 Å². The molecule has 0 radical (unpaired) electrons. The number of esters is 3. The molecule has 0 saturated heterocycles. The summed E-state index contributed by atoms with van der Waals surface area (Å²) in [5, 5.41) is 0. The molecule has 0 fully saturated rings. The van der Waals surface area contributed by atoms with Gasteiger partial charge in [-0.15, -0.1) is 0 Å². The predicted molar refractivity (Wildman–Crippen MR) is 86.5 cm³/mol. The van der Waals surface area contributed by atoms with Crippen LogP contribution in [0.4, 0.5) is 0 Å². The highest BCUT2D eigenvalue weighted by molar-refractivity contribution is 9.10. The molecule has 24 heavy (non-hydrogen) atoms. The summed E-state index contributed by atoms with van der Waals surface area (Å²) in [6, 6.07) is 4.42. The summed E-state index contributed by atoms with van der Waals surface area (Å²) in [7, 11) is 1.16. The van der Waals surface area contributed by atoms with E-state index in [1.54, 1.807) is 13.0 Å². The van der Waals surface area contributed by atoms with Crippen LogP contribution in [0.3, 0.4) is 0 Å². The Morgan fingerprint density at radius 3 is 2.46 bits per heavy atom. The molecule has 1 aromatic rings. The van der Waals surface area contributed by atoms with E-state index in [1.165, 1.54) is 12.1 Å². The molecule has 1 unspecified atom stereocenters. The molecule has 0 amide bonds. The van der Waals surface area contributed by atoms with Crippen molar-refractivity contribution in [3.8, 4) is 5.75 Å². The molecule has 0 spiro atoms. The monoisotopic (exact) mass is 398 g/mol. The van der Waals surface area contributed by atoms with Gasteiger partial charge in [-0.3, -0.25) is 4.79 Å². The Balaban J connectivity index is 2.73. The Bertz CT molecular complexity index is 666. The van der Waals surface area contributed by atoms with Gasteiger partial charge in [0, 0.05) is 22.2 Å². The van der Waals surface area contributed by atoms with E-state index in [4.69, 9.17) is 9.47 Å². The Morgan fingerprint density at radius 2 is 1.88 bits per heavy atom. The largest absolute Gasteiger partial charge is 0.466 e. The van der Waals surface area contributed by atoms with Crippen molar-refractivity contribution < 1.29 is 33.4 Å². The molecule has 0 aliphatic heterocycles. The average Bonchev–Trinajstić information content (AvgIpc) is 2.58. The molecule has 128 valence electrons. The fourth-order valence-corrected chi connectivity index (χ4v) is 1.88. The zero-order valence-electron chi connectivity index (χ0n) is 13.0. The summed E-state index contributed by atoms with van der Waals surface area (Å²) >= 11 is 3.18. The number of aldehydes is 1. The molecule has 1 atom stereocenters. The van der Waals surface area contributed by atoms with Crippen LogP contribution in [0.2, 0.25) is 0 Å². The normalized spacial score (nSPS) is 11.6. The second-order valence-corrected chi connectivity index (χ2v) is 5.27. The third kappa shape index (κ3) is 5.96. The standard InChI is InChI=1S/C16H15BrO7/c1-3-13(24-15(20)7-6-14(19)22-2)16(21)23-11-4-5-12(17)10(8-11)9-18/h4-9,13H,3H2,1-2H3/b7-6+. The van der Waals surface area contributed by atoms with Crippen molar-refractivity contribution in [1.29, 1.82) is 0 Å². The minimum Gasteiger partial charge on any atom is -0.466 e. The highest BCUT2D eigenvalue weighted by Gasteiger charge is 2.22. The van der Waals surface area contributed by atoms with Gasteiger partial charge < -0.3 is 14.2 Å². The van der Waals surface area contributed by atoms with Gasteiger partial charge in [0.15, 0.2) is 12.4 Å². The van der Waals surface area contributed by atoms with Crippen LogP contribution in [-0.2, 0) is 23.9 Å². The minimum absolute atomic E-state index is 0.143. The molecule has 1 aromatic carbocycles. The van der Waals surface area contributed by atoms with Crippen LogP contribution in [0.1, 0.15) is 23.7 Å². The lowest BCUT2D eigenvalue weighted by molar-refractivity contribution is -0.159. The molecule has 0 heterocycles. The third-order valence-corrected chi connectivity index (χ3v) is 3.48. The van der Waals surface area contributed by atoms with Gasteiger partial charge in [-0.25, -0.2) is 14.4 Å². The van der Waals surface area contributed by atoms with Crippen molar-refractivity contribution in [1.82, 2.24) is 0 Å². The summed E-state index contributed by atoms with van der Waals surface area (Å²) in [5.41, 5.74) is 0.311. The van der Waals surface area contributed by atoms with E-state index in [0.29, 0.717) is 16.3 Å². The lowest BCUT2D eigenvalue weighted by atomic mass is 10.2. The van der Waals surface area contributed by atoms with Crippen LogP contribution >= 0.6 is 15.9 Å². The lowest BCUT2D eigenvalue weighted by Crippen LogP contribution is -2.30. The van der Waals surface area contributed by atoms with Crippen LogP contribution in [0.15, 0.2) is 34.8 Å². The first kappa shape index (κ1) is 19.6. The molecular formula is C16H15BrO7. The van der Waals surface area contributed by atoms with E-state index < -0.39 is 24.0 Å². The first-order valence-electron chi connectivity index (χ1n) is 6.84. The number of hydrogen-bond acceptors (Lipinski definition) is 7. The summed E-state index contributed by atoms with van der Waals surface area (Å²) in [5.74, 6) is -2.26. The van der Waals surface area contributed by atoms with E-state index in [9.17, 15) is 19.2 Å². The summed E-state index contributed by atoms with van der Waals surface area (Å²) in [6.45, 7) is 1.63. The molecule has 0 aromatic heterocycles. The van der Waals surface area contributed by atoms with Crippen LogP contribution in [0, 0.1) is 0 Å². The number of benzene rings is 1. The van der Waals surface area contributed by atoms with Gasteiger partial charge in [0.25, 0.3) is 0 Å². The second kappa shape index (κ2) is 9.61. The van der Waals surface area contributed by atoms with Crippen molar-refractivity contribution >= 4 is 40.1 Å². The summed E-state index contributed by atoms with van der Waals surface area (Å²) in [6.07, 6.45) is 1.37. The van der Waals surface area contributed by atoms with Gasteiger partial charge in [0.05, 0.1) is 7.11 Å². The zero-order valence-corrected chi connectivity index (χ0v) is 14.6. The lowest BCUT2D eigenvalue weighted by Gasteiger charge is -2.14. The summed E-state index contributed by atoms with van der Waals surface area (Å²) in [4.78, 5) is 45.4. The first-order chi connectivity index (χ1) is 11.4. The van der Waals surface area contributed by atoms with Crippen LogP contribution in [0.25, 0.3) is 0 Å². The number of carbonyl (C=O) groups excluding carboxylic acids is 4. The molecular weight excluding hydrogens is 384 g/mol. The number of methoxy groups -OCH3 is 1. The number of rotatable bonds is 7. The van der Waals surface area contributed by atoms with Gasteiger partial charge in [-0.2, -0.15) is 0 Å². The number of ether oxygens (including phenoxy) is 3. The van der Waals surface area contributed by atoms with E-state index in [2.05, 4.69) is 20.7 Å². The fraction of sp³-hybridized carbons (Fsp3) is 0.250. The SMILES string of the molecule is CCC(OC(=O)/C=C/C(=O)OC)C(=O)Oc1ccc(Br)c(C=O)c1. The van der Waals surface area contributed by atoms with Crippen molar-refractivity contribution in [2.24, 2.45) is 0 Å². The van der Waals surface area contributed by atoms with Crippen molar-refractivity contribution in [3.63, 3.8) is 0 Å². The number of halogens is 1. The maximum absolute atomic E-state index is 12.0. The fourth-order valence-electron chi connectivity index (χ4n) is 1.54. The topological polar surface area (TPSA) is 96.0 Å². The maximum atomic E-state index is 12.0. The predicted octanol–water partition coefficient (Wildman–Crippen LogP) is 2.22. The highest BCUT2D eigenvalue weighted by Crippen LogP contribution is 2.21. The van der Waals surface area contributed by atoms with E-state index in [1.807, 2.05) is 0 Å². The summed E-state index contributed by atoms with van der Waals surface area (Å²) < 4.78 is 14.9. The second-order valence-electron chi connectivity index (χ2n) is 4.41.